The number of ketones is 1. The van der Waals surface area contributed by atoms with Gasteiger partial charge in [-0.25, -0.2) is 4.98 Å². The molecule has 0 spiro atoms. The SMILES string of the molecule is CC(=O)Cc1nsc(NC(=O)c2cc(-c3cccc(C#N)c3)oc2C(F)(F)F)n1. The van der Waals surface area contributed by atoms with E-state index in [0.717, 1.165) is 17.6 Å². The lowest BCUT2D eigenvalue weighted by Gasteiger charge is -2.05. The van der Waals surface area contributed by atoms with Crippen molar-refractivity contribution in [3.63, 3.8) is 0 Å². The minimum atomic E-state index is -4.92. The molecular formula is C18H11F3N4O3S. The van der Waals surface area contributed by atoms with E-state index in [2.05, 4.69) is 14.7 Å². The summed E-state index contributed by atoms with van der Waals surface area (Å²) in [5, 5.41) is 11.1. The summed E-state index contributed by atoms with van der Waals surface area (Å²) in [4.78, 5) is 27.4. The number of nitriles is 1. The van der Waals surface area contributed by atoms with E-state index in [1.165, 1.54) is 31.2 Å². The maximum absolute atomic E-state index is 13.4. The lowest BCUT2D eigenvalue weighted by molar-refractivity contribution is -0.153. The summed E-state index contributed by atoms with van der Waals surface area (Å²) in [6.07, 6.45) is -4.97. The first-order valence-corrected chi connectivity index (χ1v) is 8.79. The standard InChI is InChI=1S/C18H11F3N4O3S/c1-9(26)5-14-23-17(29-25-14)24-16(27)12-7-13(28-15(12)18(19,20)21)11-4-2-3-10(6-11)8-22/h2-4,6-7H,5H2,1H3,(H,23,24,25,27). The van der Waals surface area contributed by atoms with Crippen molar-refractivity contribution >= 4 is 28.4 Å². The highest BCUT2D eigenvalue weighted by Gasteiger charge is 2.40. The highest BCUT2D eigenvalue weighted by Crippen LogP contribution is 2.37. The van der Waals surface area contributed by atoms with Gasteiger partial charge in [-0.05, 0) is 25.1 Å². The Morgan fingerprint density at radius 2 is 2.07 bits per heavy atom. The smallest absolute Gasteiger partial charge is 0.450 e. The normalized spacial score (nSPS) is 11.1. The molecule has 2 heterocycles. The fraction of sp³-hybridized carbons (Fsp3) is 0.167. The van der Waals surface area contributed by atoms with Gasteiger partial charge in [-0.1, -0.05) is 12.1 Å². The molecule has 148 valence electrons. The summed E-state index contributed by atoms with van der Waals surface area (Å²) in [6.45, 7) is 1.34. The van der Waals surface area contributed by atoms with Crippen molar-refractivity contribution in [1.29, 1.82) is 5.26 Å². The van der Waals surface area contributed by atoms with Crippen LogP contribution in [0.3, 0.4) is 0 Å². The van der Waals surface area contributed by atoms with Crippen LogP contribution in [0.15, 0.2) is 34.7 Å². The van der Waals surface area contributed by atoms with Gasteiger partial charge in [0.25, 0.3) is 5.91 Å². The second kappa shape index (κ2) is 7.84. The largest absolute Gasteiger partial charge is 0.451 e. The number of carbonyl (C=O) groups is 2. The number of amides is 1. The molecule has 0 saturated heterocycles. The molecule has 0 aliphatic heterocycles. The van der Waals surface area contributed by atoms with Crippen LogP contribution in [0, 0.1) is 11.3 Å². The van der Waals surface area contributed by atoms with Crippen LogP contribution in [0.1, 0.15) is 34.4 Å². The van der Waals surface area contributed by atoms with Crippen LogP contribution in [0.25, 0.3) is 11.3 Å². The first kappa shape index (κ1) is 20.2. The number of Topliss-reactive ketones (excluding diaryl/α,β-unsaturated/α-hetero) is 1. The van der Waals surface area contributed by atoms with Crippen molar-refractivity contribution in [3.8, 4) is 17.4 Å². The quantitative estimate of drug-likeness (QED) is 0.666. The Bertz CT molecular complexity index is 1130. The highest BCUT2D eigenvalue weighted by molar-refractivity contribution is 7.09. The van der Waals surface area contributed by atoms with Crippen LogP contribution >= 0.6 is 11.5 Å². The van der Waals surface area contributed by atoms with Gasteiger partial charge in [-0.2, -0.15) is 22.8 Å². The van der Waals surface area contributed by atoms with Crippen molar-refractivity contribution < 1.29 is 27.2 Å². The Morgan fingerprint density at radius 3 is 2.72 bits per heavy atom. The summed E-state index contributed by atoms with van der Waals surface area (Å²) in [5.41, 5.74) is -0.295. The Labute approximate surface area is 166 Å². The predicted octanol–water partition coefficient (Wildman–Crippen LogP) is 4.07. The summed E-state index contributed by atoms with van der Waals surface area (Å²) in [5.74, 6) is -2.81. The average molecular weight is 420 g/mol. The molecule has 0 aliphatic carbocycles. The summed E-state index contributed by atoms with van der Waals surface area (Å²) in [7, 11) is 0. The number of hydrogen-bond acceptors (Lipinski definition) is 7. The van der Waals surface area contributed by atoms with E-state index in [1.807, 2.05) is 6.07 Å². The highest BCUT2D eigenvalue weighted by atomic mass is 32.1. The van der Waals surface area contributed by atoms with Gasteiger partial charge in [0, 0.05) is 17.1 Å². The molecule has 1 aromatic carbocycles. The number of alkyl halides is 3. The molecule has 7 nitrogen and oxygen atoms in total. The molecule has 1 N–H and O–H groups in total. The third-order valence-electron chi connectivity index (χ3n) is 3.61. The maximum Gasteiger partial charge on any atom is 0.450 e. The van der Waals surface area contributed by atoms with E-state index in [-0.39, 0.29) is 40.0 Å². The molecule has 0 atom stereocenters. The second-order valence-electron chi connectivity index (χ2n) is 5.89. The number of nitrogens with zero attached hydrogens (tertiary/aromatic N) is 3. The van der Waals surface area contributed by atoms with Crippen LogP contribution in [0.2, 0.25) is 0 Å². The zero-order chi connectivity index (χ0) is 21.2. The zero-order valence-corrected chi connectivity index (χ0v) is 15.5. The van der Waals surface area contributed by atoms with Gasteiger partial charge in [0.2, 0.25) is 10.9 Å². The molecular weight excluding hydrogens is 409 g/mol. The van der Waals surface area contributed by atoms with Gasteiger partial charge in [-0.15, -0.1) is 0 Å². The third-order valence-corrected chi connectivity index (χ3v) is 4.27. The number of halogens is 3. The van der Waals surface area contributed by atoms with Gasteiger partial charge >= 0.3 is 6.18 Å². The average Bonchev–Trinajstić information content (AvgIpc) is 3.28. The number of carbonyl (C=O) groups excluding carboxylic acids is 2. The number of anilines is 1. The minimum Gasteiger partial charge on any atom is -0.451 e. The first-order chi connectivity index (χ1) is 13.7. The van der Waals surface area contributed by atoms with Gasteiger partial charge in [0.15, 0.2) is 5.82 Å². The van der Waals surface area contributed by atoms with Gasteiger partial charge in [0.1, 0.15) is 11.5 Å². The monoisotopic (exact) mass is 420 g/mol. The fourth-order valence-electron chi connectivity index (χ4n) is 2.42. The molecule has 3 aromatic rings. The Kier molecular flexibility index (Phi) is 5.47. The molecule has 0 radical (unpaired) electrons. The van der Waals surface area contributed by atoms with Crippen molar-refractivity contribution in [2.24, 2.45) is 0 Å². The number of benzene rings is 1. The van der Waals surface area contributed by atoms with Crippen LogP contribution in [0.5, 0.6) is 0 Å². The molecule has 3 rings (SSSR count). The molecule has 0 saturated carbocycles. The molecule has 0 bridgehead atoms. The van der Waals surface area contributed by atoms with Crippen LogP contribution in [-0.2, 0) is 17.4 Å². The molecule has 0 unspecified atom stereocenters. The number of hydrogen-bond donors (Lipinski definition) is 1. The van der Waals surface area contributed by atoms with E-state index in [9.17, 15) is 22.8 Å². The number of rotatable bonds is 5. The topological polar surface area (TPSA) is 109 Å². The third kappa shape index (κ3) is 4.67. The van der Waals surface area contributed by atoms with E-state index in [4.69, 9.17) is 9.68 Å². The van der Waals surface area contributed by atoms with Crippen molar-refractivity contribution in [1.82, 2.24) is 9.36 Å². The van der Waals surface area contributed by atoms with Crippen molar-refractivity contribution in [2.45, 2.75) is 19.5 Å². The lowest BCUT2D eigenvalue weighted by atomic mass is 10.1. The van der Waals surface area contributed by atoms with E-state index in [0.29, 0.717) is 0 Å². The summed E-state index contributed by atoms with van der Waals surface area (Å²) in [6, 6.07) is 8.61. The Morgan fingerprint density at radius 1 is 1.31 bits per heavy atom. The molecule has 2 aromatic heterocycles. The van der Waals surface area contributed by atoms with E-state index >= 15 is 0 Å². The predicted molar refractivity (Wildman–Crippen MR) is 96.1 cm³/mol. The van der Waals surface area contributed by atoms with E-state index < -0.39 is 23.4 Å². The minimum absolute atomic E-state index is 0.0476. The number of furan rings is 1. The lowest BCUT2D eigenvalue weighted by Crippen LogP contribution is -2.16. The van der Waals surface area contributed by atoms with E-state index in [1.54, 1.807) is 0 Å². The molecule has 1 amide bonds. The number of aromatic nitrogens is 2. The Balaban J connectivity index is 1.94. The van der Waals surface area contributed by atoms with Crippen molar-refractivity contribution in [3.05, 3.63) is 53.0 Å². The second-order valence-corrected chi connectivity index (χ2v) is 6.64. The summed E-state index contributed by atoms with van der Waals surface area (Å²) >= 11 is 0.743. The Hall–Kier alpha value is -3.52. The van der Waals surface area contributed by atoms with Crippen LogP contribution in [-0.4, -0.2) is 21.0 Å². The number of nitrogens with one attached hydrogen (secondary N) is 1. The zero-order valence-electron chi connectivity index (χ0n) is 14.7. The van der Waals surface area contributed by atoms with Gasteiger partial charge in [-0.3, -0.25) is 14.9 Å². The molecule has 0 aliphatic rings. The molecule has 29 heavy (non-hydrogen) atoms. The molecule has 11 heteroatoms. The summed E-state index contributed by atoms with van der Waals surface area (Å²) < 4.78 is 48.9. The first-order valence-electron chi connectivity index (χ1n) is 8.02. The van der Waals surface area contributed by atoms with Crippen LogP contribution < -0.4 is 5.32 Å². The van der Waals surface area contributed by atoms with Gasteiger partial charge in [0.05, 0.1) is 23.6 Å². The van der Waals surface area contributed by atoms with Gasteiger partial charge < -0.3 is 4.42 Å². The molecule has 0 fully saturated rings. The van der Waals surface area contributed by atoms with Crippen molar-refractivity contribution in [2.75, 3.05) is 5.32 Å². The maximum atomic E-state index is 13.4. The van der Waals surface area contributed by atoms with Crippen LogP contribution in [0.4, 0.5) is 18.3 Å². The fourth-order valence-corrected chi connectivity index (χ4v) is 3.00.